The molecule has 74 valence electrons. The first-order valence-corrected chi connectivity index (χ1v) is 4.81. The molecule has 0 unspecified atom stereocenters. The van der Waals surface area contributed by atoms with E-state index >= 15 is 0 Å². The molecule has 0 amide bonds. The number of halogens is 3. The lowest BCUT2D eigenvalue weighted by molar-refractivity contribution is 1.07. The van der Waals surface area contributed by atoms with Gasteiger partial charge in [0.05, 0.1) is 0 Å². The van der Waals surface area contributed by atoms with Gasteiger partial charge in [-0.3, -0.25) is 0 Å². The van der Waals surface area contributed by atoms with Crippen LogP contribution in [0, 0.1) is 0 Å². The van der Waals surface area contributed by atoms with Gasteiger partial charge in [-0.15, -0.1) is 0 Å². The Morgan fingerprint density at radius 3 is 2.31 bits per heavy atom. The second kappa shape index (κ2) is 6.30. The van der Waals surface area contributed by atoms with E-state index in [9.17, 15) is 0 Å². The first-order chi connectivity index (χ1) is 5.97. The molecule has 2 nitrogen and oxygen atoms in total. The molecule has 13 heavy (non-hydrogen) atoms. The molecule has 5 heteroatoms. The molecule has 0 aromatic carbocycles. The standard InChI is InChI=1S/C8H11Cl3N2/c1-4-5(2)7(10)13-8(11)12-6(3)9/h3-4H2,1-2H3,(H,12,13). The summed E-state index contributed by atoms with van der Waals surface area (Å²) in [7, 11) is 0. The molecule has 0 aliphatic rings. The summed E-state index contributed by atoms with van der Waals surface area (Å²) < 4.78 is 0. The van der Waals surface area contributed by atoms with Crippen LogP contribution in [-0.2, 0) is 0 Å². The fourth-order valence-electron chi connectivity index (χ4n) is 0.467. The van der Waals surface area contributed by atoms with Crippen LogP contribution in [0.25, 0.3) is 0 Å². The van der Waals surface area contributed by atoms with Gasteiger partial charge in [0.2, 0.25) is 5.29 Å². The van der Waals surface area contributed by atoms with E-state index in [1.165, 1.54) is 0 Å². The van der Waals surface area contributed by atoms with E-state index < -0.39 is 0 Å². The Labute approximate surface area is 93.3 Å². The van der Waals surface area contributed by atoms with Crippen molar-refractivity contribution in [2.24, 2.45) is 4.99 Å². The van der Waals surface area contributed by atoms with Gasteiger partial charge in [0, 0.05) is 0 Å². The van der Waals surface area contributed by atoms with Crippen LogP contribution in [0.3, 0.4) is 0 Å². The third kappa shape index (κ3) is 5.97. The van der Waals surface area contributed by atoms with Crippen molar-refractivity contribution in [1.82, 2.24) is 5.32 Å². The fourth-order valence-corrected chi connectivity index (χ4v) is 1.07. The van der Waals surface area contributed by atoms with Crippen LogP contribution in [0.4, 0.5) is 0 Å². The molecule has 0 radical (unpaired) electrons. The van der Waals surface area contributed by atoms with E-state index in [0.29, 0.717) is 5.16 Å². The molecule has 0 aromatic heterocycles. The van der Waals surface area contributed by atoms with Crippen molar-refractivity contribution in [2.45, 2.75) is 20.3 Å². The van der Waals surface area contributed by atoms with E-state index in [1.807, 2.05) is 13.8 Å². The Kier molecular flexibility index (Phi) is 6.21. The van der Waals surface area contributed by atoms with Gasteiger partial charge in [0.1, 0.15) is 10.3 Å². The Morgan fingerprint density at radius 1 is 1.38 bits per heavy atom. The van der Waals surface area contributed by atoms with Gasteiger partial charge in [0.15, 0.2) is 0 Å². The summed E-state index contributed by atoms with van der Waals surface area (Å²) in [4.78, 5) is 3.86. The summed E-state index contributed by atoms with van der Waals surface area (Å²) in [6.45, 7) is 7.26. The Morgan fingerprint density at radius 2 is 1.92 bits per heavy atom. The van der Waals surface area contributed by atoms with E-state index in [4.69, 9.17) is 34.8 Å². The van der Waals surface area contributed by atoms with Crippen molar-refractivity contribution in [3.05, 3.63) is 22.5 Å². The Bertz CT molecular complexity index is 256. The summed E-state index contributed by atoms with van der Waals surface area (Å²) in [6, 6.07) is 0. The maximum Gasteiger partial charge on any atom is 0.202 e. The maximum atomic E-state index is 5.80. The molecule has 0 aliphatic carbocycles. The van der Waals surface area contributed by atoms with E-state index in [0.717, 1.165) is 12.0 Å². The average Bonchev–Trinajstić information content (AvgIpc) is 2.01. The van der Waals surface area contributed by atoms with Crippen LogP contribution < -0.4 is 5.32 Å². The first kappa shape index (κ1) is 12.8. The SMILES string of the molecule is C=C(Cl)NC(Cl)=NC(Cl)=C(C)CC. The summed E-state index contributed by atoms with van der Waals surface area (Å²) in [5.74, 6) is 0. The highest BCUT2D eigenvalue weighted by atomic mass is 35.5. The van der Waals surface area contributed by atoms with Crippen molar-refractivity contribution in [1.29, 1.82) is 0 Å². The molecule has 0 bridgehead atoms. The maximum absolute atomic E-state index is 5.80. The second-order valence-electron chi connectivity index (χ2n) is 2.36. The number of hydrogen-bond donors (Lipinski definition) is 1. The van der Waals surface area contributed by atoms with Crippen molar-refractivity contribution in [3.8, 4) is 0 Å². The van der Waals surface area contributed by atoms with Crippen molar-refractivity contribution in [3.63, 3.8) is 0 Å². The van der Waals surface area contributed by atoms with E-state index in [2.05, 4.69) is 16.9 Å². The van der Waals surface area contributed by atoms with Crippen LogP contribution in [0.1, 0.15) is 20.3 Å². The van der Waals surface area contributed by atoms with Crippen LogP contribution in [-0.4, -0.2) is 5.29 Å². The minimum absolute atomic E-state index is 0.109. The molecule has 1 N–H and O–H groups in total. The molecule has 0 heterocycles. The third-order valence-corrected chi connectivity index (χ3v) is 2.00. The van der Waals surface area contributed by atoms with Gasteiger partial charge in [-0.1, -0.05) is 36.7 Å². The second-order valence-corrected chi connectivity index (χ2v) is 3.53. The Hall–Kier alpha value is -0.180. The van der Waals surface area contributed by atoms with Gasteiger partial charge in [-0.25, -0.2) is 4.99 Å². The van der Waals surface area contributed by atoms with E-state index in [-0.39, 0.29) is 10.5 Å². The molecule has 0 fully saturated rings. The van der Waals surface area contributed by atoms with E-state index in [1.54, 1.807) is 0 Å². The molecule has 0 aliphatic heterocycles. The minimum Gasteiger partial charge on any atom is -0.321 e. The summed E-state index contributed by atoms with van der Waals surface area (Å²) >= 11 is 16.9. The molecule has 0 spiro atoms. The number of allylic oxidation sites excluding steroid dienone is 1. The molecule has 0 saturated heterocycles. The zero-order valence-electron chi connectivity index (χ0n) is 7.50. The highest BCUT2D eigenvalue weighted by Gasteiger charge is 1.98. The third-order valence-electron chi connectivity index (χ3n) is 1.32. The zero-order valence-corrected chi connectivity index (χ0v) is 9.76. The zero-order chi connectivity index (χ0) is 10.4. The number of nitrogens with zero attached hydrogens (tertiary/aromatic N) is 1. The fraction of sp³-hybridized carbons (Fsp3) is 0.375. The smallest absolute Gasteiger partial charge is 0.202 e. The number of amidine groups is 1. The van der Waals surface area contributed by atoms with Crippen molar-refractivity contribution >= 4 is 40.1 Å². The lowest BCUT2D eigenvalue weighted by atomic mass is 10.3. The number of rotatable bonds is 3. The number of nitrogens with one attached hydrogen (secondary N) is 1. The Balaban J connectivity index is 4.47. The normalized spacial score (nSPS) is 13.8. The van der Waals surface area contributed by atoms with Gasteiger partial charge < -0.3 is 5.32 Å². The topological polar surface area (TPSA) is 24.4 Å². The summed E-state index contributed by atoms with van der Waals surface area (Å²) in [6.07, 6.45) is 0.828. The van der Waals surface area contributed by atoms with Crippen LogP contribution >= 0.6 is 34.8 Å². The van der Waals surface area contributed by atoms with Gasteiger partial charge in [0.25, 0.3) is 0 Å². The summed E-state index contributed by atoms with van der Waals surface area (Å²) in [5.41, 5.74) is 0.960. The predicted octanol–water partition coefficient (Wildman–Crippen LogP) is 3.76. The van der Waals surface area contributed by atoms with Gasteiger partial charge in [-0.05, 0) is 30.5 Å². The number of aliphatic imine (C=N–C) groups is 1. The quantitative estimate of drug-likeness (QED) is 0.454. The van der Waals surface area contributed by atoms with Gasteiger partial charge in [-0.2, -0.15) is 0 Å². The van der Waals surface area contributed by atoms with Crippen LogP contribution in [0.5, 0.6) is 0 Å². The molecule has 0 rings (SSSR count). The molecular weight excluding hydrogens is 230 g/mol. The number of hydrogen-bond acceptors (Lipinski definition) is 1. The largest absolute Gasteiger partial charge is 0.321 e. The highest BCUT2D eigenvalue weighted by Crippen LogP contribution is 2.14. The lowest BCUT2D eigenvalue weighted by Crippen LogP contribution is -2.13. The average molecular weight is 242 g/mol. The van der Waals surface area contributed by atoms with Gasteiger partial charge >= 0.3 is 0 Å². The monoisotopic (exact) mass is 240 g/mol. The molecule has 0 atom stereocenters. The molecule has 0 aromatic rings. The van der Waals surface area contributed by atoms with Crippen LogP contribution in [0.2, 0.25) is 0 Å². The van der Waals surface area contributed by atoms with Crippen LogP contribution in [0.15, 0.2) is 27.5 Å². The first-order valence-electron chi connectivity index (χ1n) is 3.68. The predicted molar refractivity (Wildman–Crippen MR) is 60.3 cm³/mol. The minimum atomic E-state index is 0.109. The van der Waals surface area contributed by atoms with Crippen molar-refractivity contribution < 1.29 is 0 Å². The summed E-state index contributed by atoms with van der Waals surface area (Å²) in [5, 5.41) is 3.20. The molecular formula is C8H11Cl3N2. The molecule has 0 saturated carbocycles. The lowest BCUT2D eigenvalue weighted by Gasteiger charge is -2.01. The van der Waals surface area contributed by atoms with Crippen molar-refractivity contribution in [2.75, 3.05) is 0 Å². The highest BCUT2D eigenvalue weighted by molar-refractivity contribution is 6.65.